The summed E-state index contributed by atoms with van der Waals surface area (Å²) in [6, 6.07) is 0. The maximum Gasteiger partial charge on any atom is 0.411 e. The van der Waals surface area contributed by atoms with Crippen molar-refractivity contribution in [2.45, 2.75) is 12.8 Å². The number of nitrogens with two attached hydrogens (primary N) is 1. The molecular formula is C9H10F3N3O3. The van der Waals surface area contributed by atoms with Crippen LogP contribution in [0.2, 0.25) is 0 Å². The number of hydrogen-bond donors (Lipinski definition) is 1. The lowest BCUT2D eigenvalue weighted by molar-refractivity contribution is -0.177. The molecule has 9 heteroatoms. The number of halogens is 3. The fourth-order valence-electron chi connectivity index (χ4n) is 1.03. The number of nitrogen functional groups attached to an aromatic ring is 1. The minimum absolute atomic E-state index is 0.0515. The highest BCUT2D eigenvalue weighted by Crippen LogP contribution is 2.15. The first-order valence-corrected chi connectivity index (χ1v) is 4.67. The number of alkyl halides is 3. The molecule has 6 nitrogen and oxygen atoms in total. The van der Waals surface area contributed by atoms with Crippen molar-refractivity contribution in [3.8, 4) is 0 Å². The first-order valence-electron chi connectivity index (χ1n) is 4.67. The van der Waals surface area contributed by atoms with E-state index >= 15 is 0 Å². The quantitative estimate of drug-likeness (QED) is 0.814. The summed E-state index contributed by atoms with van der Waals surface area (Å²) in [4.78, 5) is 18.4. The highest BCUT2D eigenvalue weighted by Gasteiger charge is 2.27. The van der Waals surface area contributed by atoms with E-state index in [2.05, 4.69) is 19.4 Å². The Labute approximate surface area is 99.9 Å². The van der Waals surface area contributed by atoms with E-state index in [1.807, 2.05) is 0 Å². The molecule has 1 rings (SSSR count). The molecule has 0 fully saturated rings. The molecule has 0 aromatic carbocycles. The van der Waals surface area contributed by atoms with Crippen LogP contribution in [0.3, 0.4) is 0 Å². The average molecular weight is 265 g/mol. The molecule has 0 spiro atoms. The third-order valence-electron chi connectivity index (χ3n) is 1.77. The Hall–Kier alpha value is -1.90. The molecular weight excluding hydrogens is 255 g/mol. The van der Waals surface area contributed by atoms with Gasteiger partial charge >= 0.3 is 12.1 Å². The van der Waals surface area contributed by atoms with Crippen molar-refractivity contribution in [1.82, 2.24) is 9.97 Å². The Morgan fingerprint density at radius 3 is 2.67 bits per heavy atom. The fraction of sp³-hybridized carbons (Fsp3) is 0.444. The van der Waals surface area contributed by atoms with Gasteiger partial charge in [0, 0.05) is 6.20 Å². The second-order valence-corrected chi connectivity index (χ2v) is 3.18. The van der Waals surface area contributed by atoms with Gasteiger partial charge in [-0.1, -0.05) is 0 Å². The van der Waals surface area contributed by atoms with Crippen LogP contribution < -0.4 is 5.73 Å². The largest absolute Gasteiger partial charge is 0.465 e. The zero-order valence-electron chi connectivity index (χ0n) is 9.32. The van der Waals surface area contributed by atoms with Crippen LogP contribution in [-0.4, -0.2) is 35.8 Å². The van der Waals surface area contributed by atoms with Gasteiger partial charge in [-0.3, -0.25) is 0 Å². The number of nitrogens with zero attached hydrogens (tertiary/aromatic N) is 2. The first kappa shape index (κ1) is 14.2. The molecule has 0 bridgehead atoms. The number of ether oxygens (including phenoxy) is 2. The van der Waals surface area contributed by atoms with E-state index in [9.17, 15) is 18.0 Å². The van der Waals surface area contributed by atoms with Crippen LogP contribution in [0.5, 0.6) is 0 Å². The topological polar surface area (TPSA) is 87.3 Å². The summed E-state index contributed by atoms with van der Waals surface area (Å²) in [6.07, 6.45) is -3.35. The van der Waals surface area contributed by atoms with Crippen molar-refractivity contribution in [3.63, 3.8) is 0 Å². The molecule has 0 unspecified atom stereocenters. The molecule has 100 valence electrons. The molecule has 0 saturated heterocycles. The second kappa shape index (κ2) is 5.63. The molecule has 1 aromatic heterocycles. The molecule has 0 saturated carbocycles. The number of carbonyl (C=O) groups excluding carboxylic acids is 1. The smallest absolute Gasteiger partial charge is 0.411 e. The summed E-state index contributed by atoms with van der Waals surface area (Å²) >= 11 is 0. The van der Waals surface area contributed by atoms with Crippen LogP contribution in [0.15, 0.2) is 6.20 Å². The van der Waals surface area contributed by atoms with Gasteiger partial charge in [-0.2, -0.15) is 13.2 Å². The summed E-state index contributed by atoms with van der Waals surface area (Å²) in [7, 11) is 1.15. The predicted octanol–water partition coefficient (Wildman–Crippen LogP) is 0.924. The summed E-state index contributed by atoms with van der Waals surface area (Å²) in [5, 5.41) is 0. The lowest BCUT2D eigenvalue weighted by Crippen LogP contribution is -2.18. The maximum absolute atomic E-state index is 11.8. The zero-order valence-corrected chi connectivity index (χ0v) is 9.32. The molecule has 2 N–H and O–H groups in total. The maximum atomic E-state index is 11.8. The number of methoxy groups -OCH3 is 1. The Morgan fingerprint density at radius 1 is 1.50 bits per heavy atom. The molecule has 0 aliphatic rings. The molecule has 1 aromatic rings. The third-order valence-corrected chi connectivity index (χ3v) is 1.77. The molecule has 18 heavy (non-hydrogen) atoms. The van der Waals surface area contributed by atoms with E-state index in [1.165, 1.54) is 0 Å². The number of carbonyl (C=O) groups is 1. The number of hydrogen-bond acceptors (Lipinski definition) is 6. The molecule has 0 aliphatic heterocycles. The second-order valence-electron chi connectivity index (χ2n) is 3.18. The molecule has 0 amide bonds. The van der Waals surface area contributed by atoms with Crippen molar-refractivity contribution in [2.24, 2.45) is 0 Å². The lowest BCUT2D eigenvalue weighted by Gasteiger charge is -2.08. The van der Waals surface area contributed by atoms with Gasteiger partial charge in [0.05, 0.1) is 7.11 Å². The highest BCUT2D eigenvalue weighted by molar-refractivity contribution is 5.93. The van der Waals surface area contributed by atoms with Crippen LogP contribution in [0.25, 0.3) is 0 Å². The van der Waals surface area contributed by atoms with Gasteiger partial charge < -0.3 is 15.2 Å². The SMILES string of the molecule is COC(=O)c1cnc(COCC(F)(F)F)nc1N. The van der Waals surface area contributed by atoms with Crippen LogP contribution >= 0.6 is 0 Å². The standard InChI is InChI=1S/C9H10F3N3O3/c1-17-8(16)5-2-14-6(15-7(5)13)3-18-4-9(10,11)12/h2H,3-4H2,1H3,(H2,13,14,15). The van der Waals surface area contributed by atoms with Crippen LogP contribution in [0.1, 0.15) is 16.2 Å². The summed E-state index contributed by atoms with van der Waals surface area (Å²) in [6.45, 7) is -1.86. The number of aromatic nitrogens is 2. The summed E-state index contributed by atoms with van der Waals surface area (Å²) in [5.41, 5.74) is 5.37. The molecule has 1 heterocycles. The van der Waals surface area contributed by atoms with E-state index in [-0.39, 0.29) is 17.2 Å². The van der Waals surface area contributed by atoms with Gasteiger partial charge in [-0.15, -0.1) is 0 Å². The van der Waals surface area contributed by atoms with Gasteiger partial charge in [0.25, 0.3) is 0 Å². The van der Waals surface area contributed by atoms with Gasteiger partial charge in [0.15, 0.2) is 5.82 Å². The van der Waals surface area contributed by atoms with Crippen molar-refractivity contribution in [2.75, 3.05) is 19.5 Å². The Balaban J connectivity index is 2.65. The monoisotopic (exact) mass is 265 g/mol. The molecule has 0 radical (unpaired) electrons. The third kappa shape index (κ3) is 4.17. The van der Waals surface area contributed by atoms with E-state index in [0.717, 1.165) is 13.3 Å². The normalized spacial score (nSPS) is 11.3. The predicted molar refractivity (Wildman–Crippen MR) is 53.5 cm³/mol. The Morgan fingerprint density at radius 2 is 2.17 bits per heavy atom. The zero-order chi connectivity index (χ0) is 13.8. The van der Waals surface area contributed by atoms with Crippen LogP contribution in [0.4, 0.5) is 19.0 Å². The summed E-state index contributed by atoms with van der Waals surface area (Å²) < 4.78 is 44.2. The number of anilines is 1. The van der Waals surface area contributed by atoms with Gasteiger partial charge in [0.1, 0.15) is 24.6 Å². The van der Waals surface area contributed by atoms with Crippen LogP contribution in [-0.2, 0) is 16.1 Å². The Bertz CT molecular complexity index is 437. The fourth-order valence-corrected chi connectivity index (χ4v) is 1.03. The first-order chi connectivity index (χ1) is 8.33. The van der Waals surface area contributed by atoms with Crippen molar-refractivity contribution in [3.05, 3.63) is 17.6 Å². The summed E-state index contributed by atoms with van der Waals surface area (Å²) in [5.74, 6) is -0.956. The van der Waals surface area contributed by atoms with E-state index in [0.29, 0.717) is 0 Å². The Kier molecular flexibility index (Phi) is 4.43. The van der Waals surface area contributed by atoms with Gasteiger partial charge in [0.2, 0.25) is 0 Å². The van der Waals surface area contributed by atoms with Gasteiger partial charge in [-0.05, 0) is 0 Å². The highest BCUT2D eigenvalue weighted by atomic mass is 19.4. The minimum Gasteiger partial charge on any atom is -0.465 e. The van der Waals surface area contributed by atoms with Crippen molar-refractivity contribution >= 4 is 11.8 Å². The van der Waals surface area contributed by atoms with E-state index in [1.54, 1.807) is 0 Å². The minimum atomic E-state index is -4.42. The lowest BCUT2D eigenvalue weighted by atomic mass is 10.3. The number of rotatable bonds is 4. The van der Waals surface area contributed by atoms with E-state index in [4.69, 9.17) is 5.73 Å². The average Bonchev–Trinajstić information content (AvgIpc) is 2.26. The van der Waals surface area contributed by atoms with Crippen molar-refractivity contribution in [1.29, 1.82) is 0 Å². The van der Waals surface area contributed by atoms with Crippen LogP contribution in [0, 0.1) is 0 Å². The van der Waals surface area contributed by atoms with Crippen molar-refractivity contribution < 1.29 is 27.4 Å². The van der Waals surface area contributed by atoms with E-state index < -0.39 is 25.4 Å². The number of esters is 1. The van der Waals surface area contributed by atoms with Gasteiger partial charge in [-0.25, -0.2) is 14.8 Å². The molecule has 0 aliphatic carbocycles. The molecule has 0 atom stereocenters.